The van der Waals surface area contributed by atoms with Gasteiger partial charge in [-0.15, -0.1) is 5.10 Å². The van der Waals surface area contributed by atoms with Crippen molar-refractivity contribution in [2.45, 2.75) is 39.3 Å². The predicted molar refractivity (Wildman–Crippen MR) is 70.4 cm³/mol. The number of hydrogen-bond donors (Lipinski definition) is 2. The molecule has 1 aromatic rings. The molecule has 1 amide bonds. The van der Waals surface area contributed by atoms with Crippen molar-refractivity contribution in [3.63, 3.8) is 0 Å². The standard InChI is InChI=1S/C11H18N4O5/c1-11(2,3)20-10(17)12-9-8(15(18)19)7-14(13-9)5-4-6-16/h7,16H,4-6H2,1-3H3,(H,12,13,17). The molecule has 0 fully saturated rings. The van der Waals surface area contributed by atoms with Gasteiger partial charge in [-0.3, -0.25) is 20.1 Å². The first kappa shape index (κ1) is 15.9. The maximum absolute atomic E-state index is 11.6. The first-order valence-electron chi connectivity index (χ1n) is 6.05. The summed E-state index contributed by atoms with van der Waals surface area (Å²) in [7, 11) is 0. The average molecular weight is 286 g/mol. The Morgan fingerprint density at radius 3 is 2.75 bits per heavy atom. The van der Waals surface area contributed by atoms with Crippen molar-refractivity contribution in [2.75, 3.05) is 11.9 Å². The molecule has 0 aliphatic rings. The van der Waals surface area contributed by atoms with Gasteiger partial charge in [0.1, 0.15) is 11.8 Å². The molecule has 2 N–H and O–H groups in total. The fourth-order valence-corrected chi connectivity index (χ4v) is 1.38. The fraction of sp³-hybridized carbons (Fsp3) is 0.636. The Bertz CT molecular complexity index is 491. The van der Waals surface area contributed by atoms with Crippen LogP contribution in [0.15, 0.2) is 6.20 Å². The number of ether oxygens (including phenoxy) is 1. The molecule has 112 valence electrons. The van der Waals surface area contributed by atoms with E-state index in [2.05, 4.69) is 10.4 Å². The second-order valence-electron chi connectivity index (χ2n) is 5.09. The molecule has 0 aromatic carbocycles. The second-order valence-corrected chi connectivity index (χ2v) is 5.09. The summed E-state index contributed by atoms with van der Waals surface area (Å²) in [5, 5.41) is 25.7. The lowest BCUT2D eigenvalue weighted by Gasteiger charge is -2.18. The van der Waals surface area contributed by atoms with Gasteiger partial charge in [0.05, 0.1) is 4.92 Å². The van der Waals surface area contributed by atoms with E-state index in [1.165, 1.54) is 10.9 Å². The maximum Gasteiger partial charge on any atom is 0.413 e. The SMILES string of the molecule is CC(C)(C)OC(=O)Nc1nn(CCCO)cc1[N+](=O)[O-]. The van der Waals surface area contributed by atoms with Gasteiger partial charge >= 0.3 is 11.8 Å². The third-order valence-corrected chi connectivity index (χ3v) is 2.10. The number of aliphatic hydroxyl groups is 1. The van der Waals surface area contributed by atoms with E-state index < -0.39 is 16.6 Å². The lowest BCUT2D eigenvalue weighted by molar-refractivity contribution is -0.384. The highest BCUT2D eigenvalue weighted by atomic mass is 16.6. The number of amides is 1. The zero-order chi connectivity index (χ0) is 15.3. The molecule has 1 aromatic heterocycles. The number of aromatic nitrogens is 2. The van der Waals surface area contributed by atoms with Crippen LogP contribution in [0.25, 0.3) is 0 Å². The number of anilines is 1. The summed E-state index contributed by atoms with van der Waals surface area (Å²) in [5.74, 6) is -0.179. The normalized spacial score (nSPS) is 11.2. The summed E-state index contributed by atoms with van der Waals surface area (Å²) in [5.41, 5.74) is -1.04. The molecule has 9 nitrogen and oxygen atoms in total. The molecular weight excluding hydrogens is 268 g/mol. The van der Waals surface area contributed by atoms with Crippen LogP contribution in [0, 0.1) is 10.1 Å². The van der Waals surface area contributed by atoms with Gasteiger partial charge in [0.15, 0.2) is 0 Å². The molecule has 0 saturated carbocycles. The van der Waals surface area contributed by atoms with E-state index >= 15 is 0 Å². The van der Waals surface area contributed by atoms with Gasteiger partial charge in [-0.1, -0.05) is 0 Å². The van der Waals surface area contributed by atoms with Crippen molar-refractivity contribution in [2.24, 2.45) is 0 Å². The lowest BCUT2D eigenvalue weighted by atomic mass is 10.2. The Labute approximate surface area is 115 Å². The van der Waals surface area contributed by atoms with E-state index in [0.717, 1.165) is 0 Å². The highest BCUT2D eigenvalue weighted by Gasteiger charge is 2.24. The first-order valence-corrected chi connectivity index (χ1v) is 6.05. The van der Waals surface area contributed by atoms with Gasteiger partial charge in [-0.25, -0.2) is 4.79 Å². The van der Waals surface area contributed by atoms with Crippen molar-refractivity contribution in [1.82, 2.24) is 9.78 Å². The molecule has 0 atom stereocenters. The average Bonchev–Trinajstić information content (AvgIpc) is 2.66. The second kappa shape index (κ2) is 6.33. The highest BCUT2D eigenvalue weighted by molar-refractivity contribution is 5.86. The minimum atomic E-state index is -0.812. The molecule has 20 heavy (non-hydrogen) atoms. The number of carbonyl (C=O) groups is 1. The van der Waals surface area contributed by atoms with Crippen LogP contribution in [0.1, 0.15) is 27.2 Å². The van der Waals surface area contributed by atoms with Crippen LogP contribution in [0.5, 0.6) is 0 Å². The summed E-state index contributed by atoms with van der Waals surface area (Å²) in [6.07, 6.45) is 0.792. The van der Waals surface area contributed by atoms with Gasteiger partial charge in [0, 0.05) is 13.2 Å². The lowest BCUT2D eigenvalue weighted by Crippen LogP contribution is -2.27. The van der Waals surface area contributed by atoms with Crippen molar-refractivity contribution in [1.29, 1.82) is 0 Å². The minimum Gasteiger partial charge on any atom is -0.444 e. The van der Waals surface area contributed by atoms with Crippen LogP contribution < -0.4 is 5.32 Å². The summed E-state index contributed by atoms with van der Waals surface area (Å²) >= 11 is 0. The predicted octanol–water partition coefficient (Wildman–Crippen LogP) is 1.52. The van der Waals surface area contributed by atoms with E-state index in [1.807, 2.05) is 0 Å². The van der Waals surface area contributed by atoms with Crippen molar-refractivity contribution in [3.05, 3.63) is 16.3 Å². The van der Waals surface area contributed by atoms with Gasteiger partial charge in [0.25, 0.3) is 0 Å². The smallest absolute Gasteiger partial charge is 0.413 e. The maximum atomic E-state index is 11.6. The number of hydrogen-bond acceptors (Lipinski definition) is 6. The Balaban J connectivity index is 2.84. The number of nitrogens with one attached hydrogen (secondary N) is 1. The van der Waals surface area contributed by atoms with Crippen LogP contribution in [-0.4, -0.2) is 38.1 Å². The zero-order valence-corrected chi connectivity index (χ0v) is 11.6. The summed E-state index contributed by atoms with van der Waals surface area (Å²) in [4.78, 5) is 21.8. The first-order chi connectivity index (χ1) is 9.23. The number of carbonyl (C=O) groups excluding carboxylic acids is 1. The van der Waals surface area contributed by atoms with Crippen LogP contribution in [0.3, 0.4) is 0 Å². The van der Waals surface area contributed by atoms with Crippen LogP contribution in [0.4, 0.5) is 16.3 Å². The fourth-order valence-electron chi connectivity index (χ4n) is 1.38. The molecule has 0 aliphatic heterocycles. The number of nitro groups is 1. The molecule has 0 saturated heterocycles. The van der Waals surface area contributed by atoms with Crippen LogP contribution in [0.2, 0.25) is 0 Å². The number of nitrogens with zero attached hydrogens (tertiary/aromatic N) is 3. The Hall–Kier alpha value is -2.16. The Kier molecular flexibility index (Phi) is 5.03. The van der Waals surface area contributed by atoms with Gasteiger partial charge in [-0.2, -0.15) is 0 Å². The molecule has 0 radical (unpaired) electrons. The Morgan fingerprint density at radius 1 is 1.60 bits per heavy atom. The molecular formula is C11H18N4O5. The number of rotatable bonds is 5. The molecule has 1 rings (SSSR count). The third-order valence-electron chi connectivity index (χ3n) is 2.10. The van der Waals surface area contributed by atoms with Crippen molar-refractivity contribution >= 4 is 17.6 Å². The molecule has 0 unspecified atom stereocenters. The van der Waals surface area contributed by atoms with Crippen molar-refractivity contribution in [3.8, 4) is 0 Å². The quantitative estimate of drug-likeness (QED) is 0.625. The number of aryl methyl sites for hydroxylation is 1. The van der Waals surface area contributed by atoms with E-state index in [4.69, 9.17) is 9.84 Å². The minimum absolute atomic E-state index is 0.0531. The van der Waals surface area contributed by atoms with E-state index in [9.17, 15) is 14.9 Å². The van der Waals surface area contributed by atoms with Gasteiger partial charge < -0.3 is 9.84 Å². The molecule has 0 bridgehead atoms. The highest BCUT2D eigenvalue weighted by Crippen LogP contribution is 2.23. The topological polar surface area (TPSA) is 120 Å². The molecule has 0 spiro atoms. The van der Waals surface area contributed by atoms with Gasteiger partial charge in [0.2, 0.25) is 5.82 Å². The summed E-state index contributed by atoms with van der Waals surface area (Å²) < 4.78 is 6.30. The molecule has 0 aliphatic carbocycles. The van der Waals surface area contributed by atoms with E-state index in [-0.39, 0.29) is 18.1 Å². The molecule has 9 heteroatoms. The monoisotopic (exact) mass is 286 g/mol. The molecule has 1 heterocycles. The van der Waals surface area contributed by atoms with Crippen molar-refractivity contribution < 1.29 is 19.6 Å². The van der Waals surface area contributed by atoms with Crippen LogP contribution >= 0.6 is 0 Å². The van der Waals surface area contributed by atoms with Crippen LogP contribution in [-0.2, 0) is 11.3 Å². The van der Waals surface area contributed by atoms with Gasteiger partial charge in [-0.05, 0) is 27.2 Å². The zero-order valence-electron chi connectivity index (χ0n) is 11.6. The third kappa shape index (κ3) is 4.84. The number of aliphatic hydroxyl groups excluding tert-OH is 1. The largest absolute Gasteiger partial charge is 0.444 e. The summed E-state index contributed by atoms with van der Waals surface area (Å²) in [6.45, 7) is 5.30. The van der Waals surface area contributed by atoms with E-state index in [0.29, 0.717) is 13.0 Å². The van der Waals surface area contributed by atoms with E-state index in [1.54, 1.807) is 20.8 Å². The summed E-state index contributed by atoms with van der Waals surface area (Å²) in [6, 6.07) is 0. The Morgan fingerprint density at radius 2 is 2.25 bits per heavy atom.